The van der Waals surface area contributed by atoms with E-state index in [0.717, 1.165) is 11.6 Å². The van der Waals surface area contributed by atoms with E-state index in [4.69, 9.17) is 9.47 Å². The Bertz CT molecular complexity index is 900. The lowest BCUT2D eigenvalue weighted by Crippen LogP contribution is -2.44. The van der Waals surface area contributed by atoms with Crippen LogP contribution in [0.4, 0.5) is 5.69 Å². The van der Waals surface area contributed by atoms with Gasteiger partial charge < -0.3 is 20.1 Å². The summed E-state index contributed by atoms with van der Waals surface area (Å²) < 4.78 is 10.7. The van der Waals surface area contributed by atoms with Crippen molar-refractivity contribution in [2.45, 2.75) is 26.4 Å². The normalized spacial score (nSPS) is 11.3. The number of nitrogens with zero attached hydrogens (tertiary/aromatic N) is 1. The minimum absolute atomic E-state index is 0.107. The molecule has 2 rings (SSSR count). The molecule has 0 aromatic heterocycles. The van der Waals surface area contributed by atoms with E-state index in [1.807, 2.05) is 6.92 Å². The van der Waals surface area contributed by atoms with Crippen molar-refractivity contribution in [2.24, 2.45) is 0 Å². The van der Waals surface area contributed by atoms with E-state index >= 15 is 0 Å². The summed E-state index contributed by atoms with van der Waals surface area (Å²) in [7, 11) is 1.53. The van der Waals surface area contributed by atoms with Gasteiger partial charge in [0.1, 0.15) is 6.04 Å². The molecule has 2 aromatic rings. The van der Waals surface area contributed by atoms with E-state index in [0.29, 0.717) is 18.1 Å². The molecule has 154 valence electrons. The molecule has 9 heteroatoms. The van der Waals surface area contributed by atoms with Crippen LogP contribution < -0.4 is 20.1 Å². The average molecular weight is 401 g/mol. The topological polar surface area (TPSA) is 120 Å². The van der Waals surface area contributed by atoms with Gasteiger partial charge in [-0.15, -0.1) is 0 Å². The lowest BCUT2D eigenvalue weighted by Gasteiger charge is -2.15. The van der Waals surface area contributed by atoms with Gasteiger partial charge in [0.05, 0.1) is 18.6 Å². The monoisotopic (exact) mass is 401 g/mol. The number of non-ortho nitro benzene ring substituents is 1. The fourth-order valence-corrected chi connectivity index (χ4v) is 2.55. The number of benzene rings is 2. The maximum Gasteiger partial charge on any atom is 0.270 e. The third-order valence-corrected chi connectivity index (χ3v) is 4.05. The van der Waals surface area contributed by atoms with Crippen molar-refractivity contribution >= 4 is 17.5 Å². The van der Waals surface area contributed by atoms with E-state index in [1.165, 1.54) is 32.2 Å². The third kappa shape index (κ3) is 5.93. The Labute approximate surface area is 168 Å². The maximum absolute atomic E-state index is 12.3. The molecule has 0 aliphatic rings. The van der Waals surface area contributed by atoms with Crippen LogP contribution in [0.3, 0.4) is 0 Å². The van der Waals surface area contributed by atoms with Gasteiger partial charge in [-0.3, -0.25) is 19.7 Å². The molecule has 0 spiro atoms. The van der Waals surface area contributed by atoms with Gasteiger partial charge >= 0.3 is 0 Å². The van der Waals surface area contributed by atoms with Crippen LogP contribution in [0.25, 0.3) is 0 Å². The number of nitrogens with one attached hydrogen (secondary N) is 2. The molecule has 1 unspecified atom stereocenters. The minimum Gasteiger partial charge on any atom is -0.493 e. The van der Waals surface area contributed by atoms with Gasteiger partial charge in [-0.25, -0.2) is 0 Å². The summed E-state index contributed by atoms with van der Waals surface area (Å²) in [5, 5.41) is 16.1. The Kier molecular flexibility index (Phi) is 7.53. The molecule has 2 N–H and O–H groups in total. The average Bonchev–Trinajstić information content (AvgIpc) is 2.72. The predicted octanol–water partition coefficient (Wildman–Crippen LogP) is 2.44. The van der Waals surface area contributed by atoms with Gasteiger partial charge in [-0.05, 0) is 37.6 Å². The highest BCUT2D eigenvalue weighted by molar-refractivity contribution is 5.97. The smallest absolute Gasteiger partial charge is 0.270 e. The van der Waals surface area contributed by atoms with Crippen LogP contribution in [0, 0.1) is 10.1 Å². The summed E-state index contributed by atoms with van der Waals surface area (Å²) in [5.74, 6) is 0.212. The highest BCUT2D eigenvalue weighted by Gasteiger charge is 2.18. The van der Waals surface area contributed by atoms with Gasteiger partial charge in [-0.1, -0.05) is 12.1 Å². The first-order valence-electron chi connectivity index (χ1n) is 8.98. The zero-order valence-electron chi connectivity index (χ0n) is 16.4. The molecule has 0 aliphatic carbocycles. The van der Waals surface area contributed by atoms with E-state index in [-0.39, 0.29) is 17.8 Å². The van der Waals surface area contributed by atoms with Crippen LogP contribution in [0.15, 0.2) is 42.5 Å². The number of hydrogen-bond donors (Lipinski definition) is 2. The molecule has 0 bridgehead atoms. The molecule has 9 nitrogen and oxygen atoms in total. The number of rotatable bonds is 9. The highest BCUT2D eigenvalue weighted by Crippen LogP contribution is 2.27. The summed E-state index contributed by atoms with van der Waals surface area (Å²) in [6.45, 7) is 4.15. The number of amides is 2. The first kappa shape index (κ1) is 21.7. The molecule has 2 amide bonds. The van der Waals surface area contributed by atoms with E-state index in [9.17, 15) is 19.7 Å². The quantitative estimate of drug-likeness (QED) is 0.492. The standard InChI is InChI=1S/C20H23N3O6/c1-4-29-17-9-8-14(10-18(17)28-3)12-21-19(24)13(2)22-20(25)15-6-5-7-16(11-15)23(26)27/h5-11,13H,4,12H2,1-3H3,(H,21,24)(H,22,25). The van der Waals surface area contributed by atoms with Crippen LogP contribution in [-0.4, -0.2) is 36.5 Å². The Hall–Kier alpha value is -3.62. The molecular weight excluding hydrogens is 378 g/mol. The third-order valence-electron chi connectivity index (χ3n) is 4.05. The maximum atomic E-state index is 12.3. The van der Waals surface area contributed by atoms with E-state index < -0.39 is 22.8 Å². The summed E-state index contributed by atoms with van der Waals surface area (Å²) in [4.78, 5) is 34.8. The van der Waals surface area contributed by atoms with Crippen LogP contribution in [-0.2, 0) is 11.3 Å². The first-order chi connectivity index (χ1) is 13.8. The van der Waals surface area contributed by atoms with Crippen LogP contribution in [0.5, 0.6) is 11.5 Å². The zero-order valence-corrected chi connectivity index (χ0v) is 16.4. The second-order valence-corrected chi connectivity index (χ2v) is 6.14. The Morgan fingerprint density at radius 3 is 2.59 bits per heavy atom. The molecule has 1 atom stereocenters. The Morgan fingerprint density at radius 1 is 1.17 bits per heavy atom. The van der Waals surface area contributed by atoms with Crippen molar-refractivity contribution in [3.63, 3.8) is 0 Å². The second kappa shape index (κ2) is 10.1. The lowest BCUT2D eigenvalue weighted by molar-refractivity contribution is -0.384. The largest absolute Gasteiger partial charge is 0.493 e. The van der Waals surface area contributed by atoms with Crippen LogP contribution >= 0.6 is 0 Å². The molecule has 0 saturated heterocycles. The van der Waals surface area contributed by atoms with Crippen molar-refractivity contribution in [1.29, 1.82) is 0 Å². The first-order valence-corrected chi connectivity index (χ1v) is 8.98. The van der Waals surface area contributed by atoms with E-state index in [1.54, 1.807) is 18.2 Å². The summed E-state index contributed by atoms with van der Waals surface area (Å²) >= 11 is 0. The molecule has 0 aliphatic heterocycles. The van der Waals surface area contributed by atoms with Gasteiger partial charge in [0, 0.05) is 24.2 Å². The Balaban J connectivity index is 1.94. The summed E-state index contributed by atoms with van der Waals surface area (Å²) in [6, 6.07) is 9.81. The molecule has 0 fully saturated rings. The van der Waals surface area contributed by atoms with E-state index in [2.05, 4.69) is 10.6 Å². The summed E-state index contributed by atoms with van der Waals surface area (Å²) in [5.41, 5.74) is 0.713. The van der Waals surface area contributed by atoms with Crippen molar-refractivity contribution in [3.05, 3.63) is 63.7 Å². The molecule has 0 saturated carbocycles. The van der Waals surface area contributed by atoms with Gasteiger partial charge in [0.15, 0.2) is 11.5 Å². The zero-order chi connectivity index (χ0) is 21.4. The van der Waals surface area contributed by atoms with Crippen LogP contribution in [0.2, 0.25) is 0 Å². The predicted molar refractivity (Wildman–Crippen MR) is 106 cm³/mol. The Morgan fingerprint density at radius 2 is 1.93 bits per heavy atom. The fourth-order valence-electron chi connectivity index (χ4n) is 2.55. The molecule has 29 heavy (non-hydrogen) atoms. The molecule has 2 aromatic carbocycles. The molecular formula is C20H23N3O6. The number of hydrogen-bond acceptors (Lipinski definition) is 6. The highest BCUT2D eigenvalue weighted by atomic mass is 16.6. The fraction of sp³-hybridized carbons (Fsp3) is 0.300. The molecule has 0 radical (unpaired) electrons. The van der Waals surface area contributed by atoms with Gasteiger partial charge in [0.2, 0.25) is 5.91 Å². The molecule has 0 heterocycles. The summed E-state index contributed by atoms with van der Waals surface area (Å²) in [6.07, 6.45) is 0. The number of nitro benzene ring substituents is 1. The van der Waals surface area contributed by atoms with Crippen molar-refractivity contribution in [3.8, 4) is 11.5 Å². The van der Waals surface area contributed by atoms with Gasteiger partial charge in [0.25, 0.3) is 11.6 Å². The SMILES string of the molecule is CCOc1ccc(CNC(=O)C(C)NC(=O)c2cccc([N+](=O)[O-])c2)cc1OC. The number of carbonyl (C=O) groups excluding carboxylic acids is 2. The second-order valence-electron chi connectivity index (χ2n) is 6.14. The van der Waals surface area contributed by atoms with Crippen molar-refractivity contribution in [1.82, 2.24) is 10.6 Å². The van der Waals surface area contributed by atoms with Crippen molar-refractivity contribution in [2.75, 3.05) is 13.7 Å². The van der Waals surface area contributed by atoms with Crippen molar-refractivity contribution < 1.29 is 24.0 Å². The minimum atomic E-state index is -0.827. The number of carbonyl (C=O) groups is 2. The number of nitro groups is 1. The van der Waals surface area contributed by atoms with Crippen LogP contribution in [0.1, 0.15) is 29.8 Å². The number of methoxy groups -OCH3 is 1. The van der Waals surface area contributed by atoms with Gasteiger partial charge in [-0.2, -0.15) is 0 Å². The lowest BCUT2D eigenvalue weighted by atomic mass is 10.1. The number of ether oxygens (including phenoxy) is 2.